The minimum absolute atomic E-state index is 0.0541. The molecule has 0 aliphatic heterocycles. The van der Waals surface area contributed by atoms with Crippen LogP contribution in [0.4, 0.5) is 0 Å². The van der Waals surface area contributed by atoms with Crippen molar-refractivity contribution < 1.29 is 17.9 Å². The van der Waals surface area contributed by atoms with Crippen LogP contribution in [-0.2, 0) is 32.7 Å². The molecule has 1 aromatic heterocycles. The van der Waals surface area contributed by atoms with Gasteiger partial charge in [0.1, 0.15) is 18.0 Å². The predicted octanol–water partition coefficient (Wildman–Crippen LogP) is 0.951. The highest BCUT2D eigenvalue weighted by Gasteiger charge is 2.16. The summed E-state index contributed by atoms with van der Waals surface area (Å²) in [6, 6.07) is 6.45. The van der Waals surface area contributed by atoms with Crippen LogP contribution in [0.5, 0.6) is 0 Å². The molecule has 22 heavy (non-hydrogen) atoms. The fraction of sp³-hybridized carbons (Fsp3) is 0.250. The Kier molecular flexibility index (Phi) is 5.47. The lowest BCUT2D eigenvalue weighted by Crippen LogP contribution is -2.24. The molecule has 2 N–H and O–H groups in total. The average molecular weight is 436 g/mol. The number of halogens is 1. The fourth-order valence-corrected chi connectivity index (χ4v) is 2.91. The van der Waals surface area contributed by atoms with E-state index in [0.29, 0.717) is 11.4 Å². The van der Waals surface area contributed by atoms with Crippen LogP contribution in [0.2, 0.25) is 0 Å². The number of aromatic nitrogens is 3. The molecular formula is C12H13IN4O4S. The molecule has 0 atom stereocenters. The van der Waals surface area contributed by atoms with Gasteiger partial charge in [-0.25, -0.2) is 13.1 Å². The Bertz CT molecular complexity index is 758. The van der Waals surface area contributed by atoms with Crippen molar-refractivity contribution in [1.82, 2.24) is 20.1 Å². The zero-order chi connectivity index (χ0) is 16.2. The van der Waals surface area contributed by atoms with Crippen LogP contribution in [0.1, 0.15) is 18.3 Å². The van der Waals surface area contributed by atoms with Crippen LogP contribution >= 0.6 is 22.6 Å². The number of aromatic amines is 1. The maximum atomic E-state index is 12.2. The van der Waals surface area contributed by atoms with E-state index in [-0.39, 0.29) is 18.0 Å². The third-order valence-corrected chi connectivity index (χ3v) is 4.81. The van der Waals surface area contributed by atoms with Crippen molar-refractivity contribution in [3.63, 3.8) is 0 Å². The number of ether oxygens (including phenoxy) is 1. The van der Waals surface area contributed by atoms with E-state index in [0.717, 1.165) is 3.57 Å². The van der Waals surface area contributed by atoms with Crippen LogP contribution in [0, 0.1) is 3.57 Å². The molecule has 0 amide bonds. The van der Waals surface area contributed by atoms with Crippen molar-refractivity contribution in [2.75, 3.05) is 0 Å². The first kappa shape index (κ1) is 16.8. The van der Waals surface area contributed by atoms with Gasteiger partial charge in [0.15, 0.2) is 0 Å². The first-order chi connectivity index (χ1) is 10.4. The molecule has 2 aromatic rings. The summed E-state index contributed by atoms with van der Waals surface area (Å²) in [5.41, 5.74) is 0.746. The van der Waals surface area contributed by atoms with E-state index >= 15 is 0 Å². The predicted molar refractivity (Wildman–Crippen MR) is 85.0 cm³/mol. The highest BCUT2D eigenvalue weighted by molar-refractivity contribution is 14.1. The number of hydrogen-bond donors (Lipinski definition) is 2. The number of esters is 1. The second-order valence-electron chi connectivity index (χ2n) is 4.28. The molecule has 0 saturated heterocycles. The summed E-state index contributed by atoms with van der Waals surface area (Å²) in [5.74, 6) is -0.451. The Morgan fingerprint density at radius 1 is 1.27 bits per heavy atom. The highest BCUT2D eigenvalue weighted by Crippen LogP contribution is 2.13. The van der Waals surface area contributed by atoms with E-state index in [1.54, 1.807) is 12.1 Å². The molecule has 0 aliphatic carbocycles. The number of carbonyl (C=O) groups is 1. The topological polar surface area (TPSA) is 114 Å². The second-order valence-corrected chi connectivity index (χ2v) is 7.29. The number of H-pyrrole nitrogens is 1. The number of hydrogen-bond acceptors (Lipinski definition) is 6. The first-order valence-electron chi connectivity index (χ1n) is 6.15. The molecule has 0 bridgehead atoms. The van der Waals surface area contributed by atoms with Gasteiger partial charge in [-0.2, -0.15) is 15.4 Å². The van der Waals surface area contributed by atoms with E-state index in [4.69, 9.17) is 4.74 Å². The molecule has 0 fully saturated rings. The Labute approximate surface area is 140 Å². The van der Waals surface area contributed by atoms with E-state index in [9.17, 15) is 13.2 Å². The van der Waals surface area contributed by atoms with Gasteiger partial charge in [-0.1, -0.05) is 0 Å². The van der Waals surface area contributed by atoms with Crippen molar-refractivity contribution in [3.8, 4) is 0 Å². The average Bonchev–Trinajstić information content (AvgIpc) is 2.91. The molecule has 0 saturated carbocycles. The van der Waals surface area contributed by atoms with E-state index in [1.165, 1.54) is 19.1 Å². The standard InChI is InChI=1S/C12H13IN4O4S/c1-8(18)21-7-12-11(15-17-16-12)6-14-22(19,20)10-4-2-9(13)3-5-10/h2-5,14H,6-7H2,1H3,(H,15,16,17). The molecule has 0 unspecified atom stereocenters. The van der Waals surface area contributed by atoms with Crippen LogP contribution in [0.25, 0.3) is 0 Å². The zero-order valence-electron chi connectivity index (χ0n) is 11.5. The van der Waals surface area contributed by atoms with Crippen molar-refractivity contribution in [3.05, 3.63) is 39.2 Å². The lowest BCUT2D eigenvalue weighted by atomic mass is 10.3. The lowest BCUT2D eigenvalue weighted by Gasteiger charge is -2.06. The van der Waals surface area contributed by atoms with Crippen LogP contribution < -0.4 is 4.72 Å². The summed E-state index contributed by atoms with van der Waals surface area (Å²) < 4.78 is 32.5. The summed E-state index contributed by atoms with van der Waals surface area (Å²) in [6.07, 6.45) is 0. The summed E-state index contributed by atoms with van der Waals surface area (Å²) in [4.78, 5) is 11.0. The van der Waals surface area contributed by atoms with Crippen molar-refractivity contribution in [2.45, 2.75) is 25.0 Å². The van der Waals surface area contributed by atoms with Crippen molar-refractivity contribution in [2.24, 2.45) is 0 Å². The van der Waals surface area contributed by atoms with Gasteiger partial charge in [0, 0.05) is 10.5 Å². The molecule has 8 nitrogen and oxygen atoms in total. The van der Waals surface area contributed by atoms with Gasteiger partial charge in [0.25, 0.3) is 0 Å². The van der Waals surface area contributed by atoms with E-state index in [2.05, 4.69) is 42.7 Å². The van der Waals surface area contributed by atoms with E-state index in [1.807, 2.05) is 0 Å². The minimum Gasteiger partial charge on any atom is -0.459 e. The molecule has 1 aromatic carbocycles. The molecule has 1 heterocycles. The monoisotopic (exact) mass is 436 g/mol. The number of sulfonamides is 1. The third kappa shape index (κ3) is 4.48. The van der Waals surface area contributed by atoms with Crippen molar-refractivity contribution in [1.29, 1.82) is 0 Å². The molecular weight excluding hydrogens is 423 g/mol. The van der Waals surface area contributed by atoms with Crippen LogP contribution in [0.15, 0.2) is 29.2 Å². The zero-order valence-corrected chi connectivity index (χ0v) is 14.5. The SMILES string of the molecule is CC(=O)OCc1n[nH]nc1CNS(=O)(=O)c1ccc(I)cc1. The van der Waals surface area contributed by atoms with Gasteiger partial charge in [-0.05, 0) is 46.9 Å². The van der Waals surface area contributed by atoms with Crippen LogP contribution in [0.3, 0.4) is 0 Å². The maximum absolute atomic E-state index is 12.2. The van der Waals surface area contributed by atoms with Gasteiger partial charge in [-0.3, -0.25) is 4.79 Å². The van der Waals surface area contributed by atoms with Gasteiger partial charge < -0.3 is 4.74 Å². The van der Waals surface area contributed by atoms with E-state index < -0.39 is 16.0 Å². The molecule has 2 rings (SSSR count). The van der Waals surface area contributed by atoms with Gasteiger partial charge >= 0.3 is 5.97 Å². The normalized spacial score (nSPS) is 11.4. The van der Waals surface area contributed by atoms with Gasteiger partial charge in [0.2, 0.25) is 10.0 Å². The number of nitrogens with zero attached hydrogens (tertiary/aromatic N) is 2. The molecule has 0 aliphatic rings. The minimum atomic E-state index is -3.64. The smallest absolute Gasteiger partial charge is 0.303 e. The summed E-state index contributed by atoms with van der Waals surface area (Å²) >= 11 is 2.09. The van der Waals surface area contributed by atoms with Gasteiger partial charge in [-0.15, -0.1) is 0 Å². The molecule has 0 radical (unpaired) electrons. The molecule has 10 heteroatoms. The Morgan fingerprint density at radius 2 is 1.91 bits per heavy atom. The maximum Gasteiger partial charge on any atom is 0.303 e. The lowest BCUT2D eigenvalue weighted by molar-refractivity contribution is -0.142. The van der Waals surface area contributed by atoms with Gasteiger partial charge in [0.05, 0.1) is 11.4 Å². The molecule has 118 valence electrons. The Morgan fingerprint density at radius 3 is 2.55 bits per heavy atom. The number of nitrogens with one attached hydrogen (secondary N) is 2. The molecule has 0 spiro atoms. The van der Waals surface area contributed by atoms with Crippen LogP contribution in [-0.4, -0.2) is 29.8 Å². The number of benzene rings is 1. The highest BCUT2D eigenvalue weighted by atomic mass is 127. The Hall–Kier alpha value is -1.53. The second kappa shape index (κ2) is 7.15. The number of carbonyl (C=O) groups excluding carboxylic acids is 1. The largest absolute Gasteiger partial charge is 0.459 e. The van der Waals surface area contributed by atoms with Crippen molar-refractivity contribution >= 4 is 38.6 Å². The number of rotatable bonds is 6. The summed E-state index contributed by atoms with van der Waals surface area (Å²) in [5, 5.41) is 10.1. The third-order valence-electron chi connectivity index (χ3n) is 2.67. The Balaban J connectivity index is 2.05. The summed E-state index contributed by atoms with van der Waals surface area (Å²) in [7, 11) is -3.64. The summed E-state index contributed by atoms with van der Waals surface area (Å²) in [6.45, 7) is 1.16. The quantitative estimate of drug-likeness (QED) is 0.515. The first-order valence-corrected chi connectivity index (χ1v) is 8.72. The fourth-order valence-electron chi connectivity index (χ4n) is 1.56.